The van der Waals surface area contributed by atoms with Gasteiger partial charge in [0.05, 0.1) is 23.5 Å². The number of thioether (sulfide) groups is 1. The van der Waals surface area contributed by atoms with Crippen LogP contribution in [0.5, 0.6) is 11.5 Å². The van der Waals surface area contributed by atoms with Crippen molar-refractivity contribution in [3.63, 3.8) is 0 Å². The van der Waals surface area contributed by atoms with Crippen LogP contribution in [0, 0.1) is 17.5 Å². The summed E-state index contributed by atoms with van der Waals surface area (Å²) in [6.45, 7) is 0.947. The molecule has 1 heterocycles. The van der Waals surface area contributed by atoms with Gasteiger partial charge in [-0.3, -0.25) is 9.36 Å². The van der Waals surface area contributed by atoms with E-state index in [2.05, 4.69) is 0 Å². The van der Waals surface area contributed by atoms with E-state index >= 15 is 8.78 Å². The lowest BCUT2D eigenvalue weighted by molar-refractivity contribution is -0.166. The molecule has 0 bridgehead atoms. The van der Waals surface area contributed by atoms with Crippen LogP contribution >= 0.6 is 23.4 Å². The number of aliphatic carboxylic acids is 1. The Labute approximate surface area is 288 Å². The molecule has 264 valence electrons. The number of carboxylic acid groups (broad SMARTS) is 1. The SMILES string of the molecule is COc1cc(C2CCCc3nc(SCc4c(F)cc(OCCN(C)C)cc4F)n(-c4ccc(F)cc4)c32)ccc1Cl.O=C(O)CC(F)(F)F. The zero-order valence-corrected chi connectivity index (χ0v) is 28.4. The lowest BCUT2D eigenvalue weighted by atomic mass is 9.84. The second kappa shape index (κ2) is 16.7. The monoisotopic (exact) mass is 729 g/mol. The third-order valence-electron chi connectivity index (χ3n) is 7.48. The highest BCUT2D eigenvalue weighted by molar-refractivity contribution is 7.98. The van der Waals surface area contributed by atoms with E-state index in [-0.39, 0.29) is 28.8 Å². The van der Waals surface area contributed by atoms with Gasteiger partial charge in [-0.05, 0) is 75.3 Å². The molecule has 0 radical (unpaired) electrons. The predicted octanol–water partition coefficient (Wildman–Crippen LogP) is 8.68. The fourth-order valence-electron chi connectivity index (χ4n) is 5.22. The number of aryl methyl sites for hydroxylation is 1. The average molecular weight is 730 g/mol. The van der Waals surface area contributed by atoms with Crippen LogP contribution in [0.15, 0.2) is 59.8 Å². The number of aromatic nitrogens is 2. The van der Waals surface area contributed by atoms with Crippen LogP contribution < -0.4 is 9.47 Å². The summed E-state index contributed by atoms with van der Waals surface area (Å²) < 4.78 is 89.7. The Kier molecular flexibility index (Phi) is 12.9. The highest BCUT2D eigenvalue weighted by Crippen LogP contribution is 2.43. The third kappa shape index (κ3) is 10.3. The summed E-state index contributed by atoms with van der Waals surface area (Å²) in [4.78, 5) is 16.2. The Morgan fingerprint density at radius 3 is 2.33 bits per heavy atom. The molecule has 5 rings (SSSR count). The molecule has 1 aromatic heterocycles. The molecule has 0 saturated heterocycles. The van der Waals surface area contributed by atoms with Crippen LogP contribution in [0.1, 0.15) is 47.7 Å². The van der Waals surface area contributed by atoms with Crippen LogP contribution in [-0.4, -0.2) is 66.1 Å². The van der Waals surface area contributed by atoms with Crippen LogP contribution in [-0.2, 0) is 17.0 Å². The first kappa shape index (κ1) is 37.9. The van der Waals surface area contributed by atoms with E-state index in [1.165, 1.54) is 36.0 Å². The zero-order valence-electron chi connectivity index (χ0n) is 26.8. The lowest BCUT2D eigenvalue weighted by Gasteiger charge is -2.26. The molecule has 1 aliphatic carbocycles. The van der Waals surface area contributed by atoms with Gasteiger partial charge < -0.3 is 19.5 Å². The molecule has 1 unspecified atom stereocenters. The largest absolute Gasteiger partial charge is 0.495 e. The molecule has 49 heavy (non-hydrogen) atoms. The smallest absolute Gasteiger partial charge is 0.399 e. The van der Waals surface area contributed by atoms with Crippen LogP contribution in [0.3, 0.4) is 0 Å². The molecule has 0 spiro atoms. The standard InChI is InChI=1S/C31H31ClF3N3O2S.C3H3F3O2/c1-37(2)13-14-40-22-16-26(34)24(27(35)17-22)18-41-31-36-28-6-4-5-23(19-7-12-25(32)29(15-19)39-3)30(28)38(31)21-10-8-20(33)9-11-21;4-3(5,6)1-2(7)8/h7-12,15-17,23H,4-6,13-14,18H2,1-3H3;1H2,(H,7,8). The molecule has 0 aliphatic heterocycles. The Morgan fingerprint density at radius 1 is 1.08 bits per heavy atom. The number of rotatable bonds is 11. The molecule has 4 aromatic rings. The van der Waals surface area contributed by atoms with Gasteiger partial charge in [-0.2, -0.15) is 13.2 Å². The number of hydrogen-bond acceptors (Lipinski definition) is 6. The minimum atomic E-state index is -4.58. The third-order valence-corrected chi connectivity index (χ3v) is 8.75. The van der Waals surface area contributed by atoms with Crippen LogP contribution in [0.25, 0.3) is 5.69 Å². The van der Waals surface area contributed by atoms with E-state index in [9.17, 15) is 22.4 Å². The van der Waals surface area contributed by atoms with Gasteiger partial charge in [0.25, 0.3) is 0 Å². The molecule has 15 heteroatoms. The topological polar surface area (TPSA) is 76.8 Å². The van der Waals surface area contributed by atoms with Crippen molar-refractivity contribution in [2.75, 3.05) is 34.4 Å². The fourth-order valence-corrected chi connectivity index (χ4v) is 6.47. The van der Waals surface area contributed by atoms with Gasteiger partial charge in [0, 0.05) is 41.6 Å². The highest BCUT2D eigenvalue weighted by atomic mass is 35.5. The fraction of sp³-hybridized carbons (Fsp3) is 0.353. The van der Waals surface area contributed by atoms with Crippen LogP contribution in [0.4, 0.5) is 26.3 Å². The first-order valence-electron chi connectivity index (χ1n) is 15.0. The second-order valence-corrected chi connectivity index (χ2v) is 12.7. The summed E-state index contributed by atoms with van der Waals surface area (Å²) >= 11 is 7.54. The quantitative estimate of drug-likeness (QED) is 0.122. The number of benzene rings is 3. The van der Waals surface area contributed by atoms with Gasteiger partial charge in [0.2, 0.25) is 0 Å². The van der Waals surface area contributed by atoms with Gasteiger partial charge in [-0.1, -0.05) is 29.4 Å². The van der Waals surface area contributed by atoms with Gasteiger partial charge in [-0.25, -0.2) is 18.2 Å². The van der Waals surface area contributed by atoms with E-state index in [0.717, 1.165) is 41.9 Å². The summed E-state index contributed by atoms with van der Waals surface area (Å²) in [5, 5.41) is 8.63. The number of carboxylic acids is 1. The van der Waals surface area contributed by atoms with Crippen molar-refractivity contribution in [3.05, 3.63) is 99.6 Å². The van der Waals surface area contributed by atoms with E-state index in [4.69, 9.17) is 31.2 Å². The number of nitrogens with zero attached hydrogens (tertiary/aromatic N) is 3. The number of ether oxygens (including phenoxy) is 2. The Bertz CT molecular complexity index is 1730. The number of carbonyl (C=O) groups is 1. The normalized spacial score (nSPS) is 14.2. The summed E-state index contributed by atoms with van der Waals surface area (Å²) in [5.74, 6) is -2.82. The Morgan fingerprint density at radius 2 is 1.76 bits per heavy atom. The molecule has 1 atom stereocenters. The maximum absolute atomic E-state index is 15.0. The number of methoxy groups -OCH3 is 1. The molecule has 7 nitrogen and oxygen atoms in total. The Balaban J connectivity index is 0.000000603. The number of hydrogen-bond donors (Lipinski definition) is 1. The van der Waals surface area contributed by atoms with E-state index in [0.29, 0.717) is 29.1 Å². The summed E-state index contributed by atoms with van der Waals surface area (Å²) in [6, 6.07) is 14.3. The van der Waals surface area contributed by atoms with E-state index < -0.39 is 30.2 Å². The maximum atomic E-state index is 15.0. The predicted molar refractivity (Wildman–Crippen MR) is 175 cm³/mol. The number of fused-ring (bicyclic) bond motifs is 1. The minimum Gasteiger partial charge on any atom is -0.495 e. The summed E-state index contributed by atoms with van der Waals surface area (Å²) in [6.07, 6.45) is -3.78. The van der Waals surface area contributed by atoms with Crippen molar-refractivity contribution in [2.24, 2.45) is 0 Å². The summed E-state index contributed by atoms with van der Waals surface area (Å²) in [5.41, 5.74) is 3.57. The maximum Gasteiger partial charge on any atom is 0.399 e. The molecule has 3 aromatic carbocycles. The van der Waals surface area contributed by atoms with Gasteiger partial charge >= 0.3 is 12.1 Å². The number of likely N-dealkylation sites (N-methyl/N-ethyl adjacent to an activating group) is 1. The molecule has 0 amide bonds. The molecule has 1 aliphatic rings. The first-order chi connectivity index (χ1) is 23.2. The molecular weight excluding hydrogens is 696 g/mol. The van der Waals surface area contributed by atoms with Crippen molar-refractivity contribution >= 4 is 29.3 Å². The zero-order chi connectivity index (χ0) is 35.9. The number of halogens is 7. The molecule has 0 fully saturated rings. The van der Waals surface area contributed by atoms with E-state index in [1.54, 1.807) is 19.2 Å². The van der Waals surface area contributed by atoms with Crippen LogP contribution in [0.2, 0.25) is 5.02 Å². The van der Waals surface area contributed by atoms with Crippen molar-refractivity contribution in [1.29, 1.82) is 0 Å². The minimum absolute atomic E-state index is 0.0200. The van der Waals surface area contributed by atoms with E-state index in [1.807, 2.05) is 41.8 Å². The number of imidazole rings is 1. The van der Waals surface area contributed by atoms with Gasteiger partial charge in [0.15, 0.2) is 5.16 Å². The van der Waals surface area contributed by atoms with Gasteiger partial charge in [-0.15, -0.1) is 0 Å². The first-order valence-corrected chi connectivity index (χ1v) is 16.4. The van der Waals surface area contributed by atoms with Crippen molar-refractivity contribution in [3.8, 4) is 17.2 Å². The number of alkyl halides is 3. The van der Waals surface area contributed by atoms with Crippen molar-refractivity contribution in [2.45, 2.75) is 48.7 Å². The average Bonchev–Trinajstić information content (AvgIpc) is 3.39. The lowest BCUT2D eigenvalue weighted by Crippen LogP contribution is -2.19. The Hall–Kier alpha value is -3.88. The highest BCUT2D eigenvalue weighted by Gasteiger charge is 2.32. The van der Waals surface area contributed by atoms with Crippen molar-refractivity contribution < 1.29 is 45.7 Å². The molecule has 0 saturated carbocycles. The second-order valence-electron chi connectivity index (χ2n) is 11.4. The summed E-state index contributed by atoms with van der Waals surface area (Å²) in [7, 11) is 5.37. The molecule has 1 N–H and O–H groups in total. The van der Waals surface area contributed by atoms with Crippen molar-refractivity contribution in [1.82, 2.24) is 14.5 Å². The van der Waals surface area contributed by atoms with Gasteiger partial charge in [0.1, 0.15) is 42.0 Å². The molecular formula is C34H34ClF6N3O4S.